The van der Waals surface area contributed by atoms with Gasteiger partial charge in [-0.3, -0.25) is 0 Å². The predicted octanol–water partition coefficient (Wildman–Crippen LogP) is 1.28. The van der Waals surface area contributed by atoms with Crippen molar-refractivity contribution in [3.63, 3.8) is 0 Å². The van der Waals surface area contributed by atoms with Crippen molar-refractivity contribution >= 4 is 10.8 Å². The second kappa shape index (κ2) is 4.23. The number of hydrogen-bond donors (Lipinski definition) is 1. The zero-order valence-corrected chi connectivity index (χ0v) is 8.60. The van der Waals surface area contributed by atoms with Gasteiger partial charge in [0.25, 0.3) is 0 Å². The van der Waals surface area contributed by atoms with Crippen molar-refractivity contribution in [2.75, 3.05) is 13.2 Å². The molecular formula is C11H13N3O. The molecule has 4 heteroatoms. The first-order chi connectivity index (χ1) is 7.33. The van der Waals surface area contributed by atoms with Crippen LogP contribution in [0.25, 0.3) is 10.8 Å². The molecule has 0 bridgehead atoms. The van der Waals surface area contributed by atoms with E-state index in [1.165, 1.54) is 0 Å². The molecule has 0 aliphatic heterocycles. The molecule has 0 atom stereocenters. The molecule has 0 aliphatic rings. The summed E-state index contributed by atoms with van der Waals surface area (Å²) in [4.78, 5) is 0. The molecular weight excluding hydrogens is 190 g/mol. The molecule has 1 aromatic heterocycles. The van der Waals surface area contributed by atoms with Crippen LogP contribution in [0.5, 0.6) is 5.88 Å². The Bertz CT molecular complexity index is 470. The van der Waals surface area contributed by atoms with Crippen molar-refractivity contribution in [2.45, 2.75) is 6.92 Å². The highest BCUT2D eigenvalue weighted by molar-refractivity contribution is 5.88. The van der Waals surface area contributed by atoms with Crippen LogP contribution in [-0.4, -0.2) is 23.3 Å². The zero-order chi connectivity index (χ0) is 10.7. The number of aryl methyl sites for hydroxylation is 1. The Kier molecular flexibility index (Phi) is 2.78. The molecule has 0 saturated heterocycles. The largest absolute Gasteiger partial charge is 0.475 e. The number of nitrogens with two attached hydrogens (primary N) is 1. The molecule has 1 aromatic carbocycles. The van der Waals surface area contributed by atoms with Crippen LogP contribution in [0, 0.1) is 6.92 Å². The minimum atomic E-state index is 0.460. The first kappa shape index (κ1) is 9.86. The molecule has 0 saturated carbocycles. The van der Waals surface area contributed by atoms with E-state index in [1.54, 1.807) is 0 Å². The lowest BCUT2D eigenvalue weighted by atomic mass is 10.1. The summed E-state index contributed by atoms with van der Waals surface area (Å²) in [5, 5.41) is 10.1. The van der Waals surface area contributed by atoms with E-state index in [4.69, 9.17) is 10.5 Å². The zero-order valence-electron chi connectivity index (χ0n) is 8.60. The van der Waals surface area contributed by atoms with Gasteiger partial charge in [-0.2, -0.15) is 5.10 Å². The molecule has 4 nitrogen and oxygen atoms in total. The Morgan fingerprint density at radius 3 is 2.67 bits per heavy atom. The standard InChI is InChI=1S/C11H13N3O/c1-8-9-4-2-3-5-10(9)11(14-13-8)15-7-6-12/h2-5H,6-7,12H2,1H3. The minimum Gasteiger partial charge on any atom is -0.475 e. The fraction of sp³-hybridized carbons (Fsp3) is 0.273. The first-order valence-electron chi connectivity index (χ1n) is 4.88. The van der Waals surface area contributed by atoms with Gasteiger partial charge in [0.2, 0.25) is 5.88 Å². The van der Waals surface area contributed by atoms with Gasteiger partial charge in [-0.1, -0.05) is 18.2 Å². The molecule has 0 amide bonds. The second-order valence-electron chi connectivity index (χ2n) is 3.27. The number of aromatic nitrogens is 2. The van der Waals surface area contributed by atoms with Gasteiger partial charge in [-0.05, 0) is 13.0 Å². The van der Waals surface area contributed by atoms with E-state index in [1.807, 2.05) is 31.2 Å². The fourth-order valence-electron chi connectivity index (χ4n) is 1.48. The average Bonchev–Trinajstić information content (AvgIpc) is 2.29. The number of rotatable bonds is 3. The van der Waals surface area contributed by atoms with Crippen LogP contribution >= 0.6 is 0 Å². The summed E-state index contributed by atoms with van der Waals surface area (Å²) in [6, 6.07) is 7.92. The molecule has 78 valence electrons. The van der Waals surface area contributed by atoms with Crippen LogP contribution in [0.3, 0.4) is 0 Å². The Morgan fingerprint density at radius 1 is 1.20 bits per heavy atom. The van der Waals surface area contributed by atoms with E-state index < -0.39 is 0 Å². The van der Waals surface area contributed by atoms with Crippen LogP contribution in [0.4, 0.5) is 0 Å². The Morgan fingerprint density at radius 2 is 1.93 bits per heavy atom. The quantitative estimate of drug-likeness (QED) is 0.816. The monoisotopic (exact) mass is 203 g/mol. The van der Waals surface area contributed by atoms with Gasteiger partial charge < -0.3 is 10.5 Å². The predicted molar refractivity (Wildman–Crippen MR) is 58.8 cm³/mol. The molecule has 0 aliphatic carbocycles. The molecule has 2 rings (SSSR count). The molecule has 2 aromatic rings. The summed E-state index contributed by atoms with van der Waals surface area (Å²) < 4.78 is 5.42. The van der Waals surface area contributed by atoms with Crippen molar-refractivity contribution in [3.05, 3.63) is 30.0 Å². The Balaban J connectivity index is 2.51. The first-order valence-corrected chi connectivity index (χ1v) is 4.88. The summed E-state index contributed by atoms with van der Waals surface area (Å²) in [5.41, 5.74) is 6.29. The van der Waals surface area contributed by atoms with Crippen LogP contribution in [-0.2, 0) is 0 Å². The normalized spacial score (nSPS) is 10.5. The lowest BCUT2D eigenvalue weighted by molar-refractivity contribution is 0.316. The van der Waals surface area contributed by atoms with Crippen LogP contribution in [0.2, 0.25) is 0 Å². The van der Waals surface area contributed by atoms with Crippen molar-refractivity contribution in [1.82, 2.24) is 10.2 Å². The van der Waals surface area contributed by atoms with Crippen molar-refractivity contribution in [2.24, 2.45) is 5.73 Å². The van der Waals surface area contributed by atoms with E-state index in [0.717, 1.165) is 16.5 Å². The van der Waals surface area contributed by atoms with E-state index >= 15 is 0 Å². The van der Waals surface area contributed by atoms with Gasteiger partial charge in [0.15, 0.2) is 0 Å². The number of ether oxygens (including phenoxy) is 1. The number of hydrogen-bond acceptors (Lipinski definition) is 4. The summed E-state index contributed by atoms with van der Waals surface area (Å²) >= 11 is 0. The van der Waals surface area contributed by atoms with Crippen molar-refractivity contribution < 1.29 is 4.74 Å². The fourth-order valence-corrected chi connectivity index (χ4v) is 1.48. The highest BCUT2D eigenvalue weighted by Gasteiger charge is 2.06. The molecule has 0 spiro atoms. The van der Waals surface area contributed by atoms with Gasteiger partial charge in [0.1, 0.15) is 6.61 Å². The lowest BCUT2D eigenvalue weighted by Gasteiger charge is -2.07. The summed E-state index contributed by atoms with van der Waals surface area (Å²) in [5.74, 6) is 0.557. The summed E-state index contributed by atoms with van der Waals surface area (Å²) in [7, 11) is 0. The number of nitrogens with zero attached hydrogens (tertiary/aromatic N) is 2. The molecule has 15 heavy (non-hydrogen) atoms. The third-order valence-corrected chi connectivity index (χ3v) is 2.19. The highest BCUT2D eigenvalue weighted by atomic mass is 16.5. The van der Waals surface area contributed by atoms with Gasteiger partial charge in [0, 0.05) is 17.3 Å². The topological polar surface area (TPSA) is 61.0 Å². The third-order valence-electron chi connectivity index (χ3n) is 2.19. The molecule has 0 fully saturated rings. The van der Waals surface area contributed by atoms with E-state index in [9.17, 15) is 0 Å². The van der Waals surface area contributed by atoms with E-state index in [2.05, 4.69) is 10.2 Å². The molecule has 0 unspecified atom stereocenters. The van der Waals surface area contributed by atoms with Crippen molar-refractivity contribution in [1.29, 1.82) is 0 Å². The Labute approximate surface area is 88.1 Å². The molecule has 1 heterocycles. The van der Waals surface area contributed by atoms with Crippen LogP contribution in [0.1, 0.15) is 5.69 Å². The summed E-state index contributed by atoms with van der Waals surface area (Å²) in [6.07, 6.45) is 0. The molecule has 0 radical (unpaired) electrons. The minimum absolute atomic E-state index is 0.460. The maximum Gasteiger partial charge on any atom is 0.241 e. The number of fused-ring (bicyclic) bond motifs is 1. The highest BCUT2D eigenvalue weighted by Crippen LogP contribution is 2.23. The van der Waals surface area contributed by atoms with Gasteiger partial charge in [0.05, 0.1) is 5.69 Å². The third kappa shape index (κ3) is 1.89. The average molecular weight is 203 g/mol. The molecule has 2 N–H and O–H groups in total. The summed E-state index contributed by atoms with van der Waals surface area (Å²) in [6.45, 7) is 2.87. The lowest BCUT2D eigenvalue weighted by Crippen LogP contribution is -2.12. The SMILES string of the molecule is Cc1nnc(OCCN)c2ccccc12. The smallest absolute Gasteiger partial charge is 0.241 e. The van der Waals surface area contributed by atoms with Crippen molar-refractivity contribution in [3.8, 4) is 5.88 Å². The maximum absolute atomic E-state index is 5.42. The maximum atomic E-state index is 5.42. The van der Waals surface area contributed by atoms with Crippen LogP contribution < -0.4 is 10.5 Å². The Hall–Kier alpha value is -1.68. The second-order valence-corrected chi connectivity index (χ2v) is 3.27. The van der Waals surface area contributed by atoms with Gasteiger partial charge in [-0.25, -0.2) is 0 Å². The van der Waals surface area contributed by atoms with E-state index in [0.29, 0.717) is 19.0 Å². The van der Waals surface area contributed by atoms with Crippen LogP contribution in [0.15, 0.2) is 24.3 Å². The van der Waals surface area contributed by atoms with Gasteiger partial charge >= 0.3 is 0 Å². The number of benzene rings is 1. The van der Waals surface area contributed by atoms with Gasteiger partial charge in [-0.15, -0.1) is 5.10 Å². The van der Waals surface area contributed by atoms with E-state index in [-0.39, 0.29) is 0 Å².